The monoisotopic (exact) mass is 301 g/mol. The fourth-order valence-electron chi connectivity index (χ4n) is 2.74. The minimum atomic E-state index is 0.0466. The number of hydrogen-bond acceptors (Lipinski definition) is 5. The van der Waals surface area contributed by atoms with E-state index in [4.69, 9.17) is 4.74 Å². The lowest BCUT2D eigenvalue weighted by Crippen LogP contribution is -2.36. The van der Waals surface area contributed by atoms with E-state index in [9.17, 15) is 4.79 Å². The molecule has 0 spiro atoms. The Labute approximate surface area is 128 Å². The van der Waals surface area contributed by atoms with Gasteiger partial charge in [0, 0.05) is 5.92 Å². The SMILES string of the molecule is Cc1nonc1OCCNC(=O)C1CCc2ccccc2C1. The number of ether oxygens (including phenoxy) is 1. The molecule has 2 aromatic rings. The molecule has 1 atom stereocenters. The molecule has 1 N–H and O–H groups in total. The Kier molecular flexibility index (Phi) is 4.37. The molecule has 0 fully saturated rings. The van der Waals surface area contributed by atoms with E-state index in [1.54, 1.807) is 6.92 Å². The van der Waals surface area contributed by atoms with E-state index in [0.29, 0.717) is 24.7 Å². The van der Waals surface area contributed by atoms with Crippen LogP contribution in [0.4, 0.5) is 0 Å². The van der Waals surface area contributed by atoms with E-state index in [-0.39, 0.29) is 11.8 Å². The van der Waals surface area contributed by atoms with E-state index in [0.717, 1.165) is 19.3 Å². The number of amides is 1. The highest BCUT2D eigenvalue weighted by Crippen LogP contribution is 2.25. The summed E-state index contributed by atoms with van der Waals surface area (Å²) in [6.45, 7) is 2.55. The third-order valence-corrected chi connectivity index (χ3v) is 3.97. The van der Waals surface area contributed by atoms with E-state index in [2.05, 4.69) is 38.5 Å². The van der Waals surface area contributed by atoms with Crippen LogP contribution in [0.2, 0.25) is 0 Å². The maximum absolute atomic E-state index is 12.2. The fourth-order valence-corrected chi connectivity index (χ4v) is 2.74. The summed E-state index contributed by atoms with van der Waals surface area (Å²) in [7, 11) is 0. The molecule has 0 bridgehead atoms. The minimum Gasteiger partial charge on any atom is -0.472 e. The molecule has 1 aromatic heterocycles. The number of aryl methyl sites for hydroxylation is 2. The highest BCUT2D eigenvalue weighted by Gasteiger charge is 2.24. The van der Waals surface area contributed by atoms with Crippen LogP contribution in [0.5, 0.6) is 5.88 Å². The Morgan fingerprint density at radius 3 is 2.95 bits per heavy atom. The van der Waals surface area contributed by atoms with E-state index in [1.165, 1.54) is 11.1 Å². The molecule has 0 aliphatic heterocycles. The van der Waals surface area contributed by atoms with Gasteiger partial charge in [-0.15, -0.1) is 0 Å². The van der Waals surface area contributed by atoms with Gasteiger partial charge in [-0.3, -0.25) is 4.79 Å². The van der Waals surface area contributed by atoms with Crippen LogP contribution < -0.4 is 10.1 Å². The largest absolute Gasteiger partial charge is 0.472 e. The van der Waals surface area contributed by atoms with E-state index in [1.807, 2.05) is 6.07 Å². The molecule has 3 rings (SSSR count). The minimum absolute atomic E-state index is 0.0466. The van der Waals surface area contributed by atoms with Crippen LogP contribution in [-0.2, 0) is 17.6 Å². The predicted molar refractivity (Wildman–Crippen MR) is 79.5 cm³/mol. The summed E-state index contributed by atoms with van der Waals surface area (Å²) >= 11 is 0. The standard InChI is InChI=1S/C16H19N3O3/c1-11-16(19-22-18-11)21-9-8-17-15(20)14-7-6-12-4-2-3-5-13(12)10-14/h2-5,14H,6-10H2,1H3,(H,17,20). The van der Waals surface area contributed by atoms with Crippen molar-refractivity contribution in [2.45, 2.75) is 26.2 Å². The van der Waals surface area contributed by atoms with Crippen LogP contribution in [0.15, 0.2) is 28.9 Å². The molecule has 1 amide bonds. The maximum Gasteiger partial charge on any atom is 0.278 e. The fraction of sp³-hybridized carbons (Fsp3) is 0.438. The number of fused-ring (bicyclic) bond motifs is 1. The molecule has 1 aromatic carbocycles. The topological polar surface area (TPSA) is 77.2 Å². The number of carbonyl (C=O) groups excluding carboxylic acids is 1. The predicted octanol–water partition coefficient (Wildman–Crippen LogP) is 1.68. The first-order chi connectivity index (χ1) is 10.7. The van der Waals surface area contributed by atoms with Gasteiger partial charge in [0.25, 0.3) is 5.88 Å². The van der Waals surface area contributed by atoms with E-state index >= 15 is 0 Å². The lowest BCUT2D eigenvalue weighted by Gasteiger charge is -2.23. The molecule has 0 radical (unpaired) electrons. The van der Waals surface area contributed by atoms with Crippen molar-refractivity contribution in [2.75, 3.05) is 13.2 Å². The summed E-state index contributed by atoms with van der Waals surface area (Å²) in [5, 5.41) is 10.2. The third-order valence-electron chi connectivity index (χ3n) is 3.97. The van der Waals surface area contributed by atoms with Gasteiger partial charge in [0.1, 0.15) is 12.3 Å². The summed E-state index contributed by atoms with van der Waals surface area (Å²) in [6, 6.07) is 8.34. The van der Waals surface area contributed by atoms with Gasteiger partial charge in [0.2, 0.25) is 5.91 Å². The number of nitrogens with one attached hydrogen (secondary N) is 1. The smallest absolute Gasteiger partial charge is 0.278 e. The molecule has 0 saturated carbocycles. The highest BCUT2D eigenvalue weighted by atomic mass is 16.6. The van der Waals surface area contributed by atoms with Crippen molar-refractivity contribution < 1.29 is 14.2 Å². The van der Waals surface area contributed by atoms with Crippen molar-refractivity contribution in [2.24, 2.45) is 5.92 Å². The van der Waals surface area contributed by atoms with Crippen LogP contribution in [0.1, 0.15) is 23.2 Å². The Hall–Kier alpha value is -2.37. The molecule has 1 aliphatic rings. The van der Waals surface area contributed by atoms with Crippen molar-refractivity contribution in [1.29, 1.82) is 0 Å². The quantitative estimate of drug-likeness (QED) is 0.850. The van der Waals surface area contributed by atoms with Crippen molar-refractivity contribution in [3.8, 4) is 5.88 Å². The zero-order valence-corrected chi connectivity index (χ0v) is 12.5. The van der Waals surface area contributed by atoms with Crippen LogP contribution in [0.3, 0.4) is 0 Å². The number of nitrogens with zero attached hydrogens (tertiary/aromatic N) is 2. The summed E-state index contributed by atoms with van der Waals surface area (Å²) < 4.78 is 9.93. The first-order valence-corrected chi connectivity index (χ1v) is 7.50. The molecule has 1 unspecified atom stereocenters. The maximum atomic E-state index is 12.2. The summed E-state index contributed by atoms with van der Waals surface area (Å²) in [6.07, 6.45) is 2.68. The first-order valence-electron chi connectivity index (χ1n) is 7.50. The number of rotatable bonds is 5. The molecule has 116 valence electrons. The van der Waals surface area contributed by atoms with Crippen LogP contribution in [0, 0.1) is 12.8 Å². The van der Waals surface area contributed by atoms with Crippen molar-refractivity contribution in [3.05, 3.63) is 41.1 Å². The van der Waals surface area contributed by atoms with Gasteiger partial charge in [-0.2, -0.15) is 0 Å². The lowest BCUT2D eigenvalue weighted by molar-refractivity contribution is -0.125. The van der Waals surface area contributed by atoms with Gasteiger partial charge in [0.15, 0.2) is 0 Å². The van der Waals surface area contributed by atoms with Crippen LogP contribution in [-0.4, -0.2) is 29.4 Å². The van der Waals surface area contributed by atoms with Crippen molar-refractivity contribution in [3.63, 3.8) is 0 Å². The first kappa shape index (κ1) is 14.6. The number of benzene rings is 1. The average molecular weight is 301 g/mol. The summed E-state index contributed by atoms with van der Waals surface area (Å²) in [4.78, 5) is 12.2. The van der Waals surface area contributed by atoms with Crippen molar-refractivity contribution >= 4 is 5.91 Å². The Bertz CT molecular complexity index is 654. The van der Waals surface area contributed by atoms with Crippen LogP contribution >= 0.6 is 0 Å². The second-order valence-electron chi connectivity index (χ2n) is 5.50. The Balaban J connectivity index is 1.44. The zero-order chi connectivity index (χ0) is 15.4. The van der Waals surface area contributed by atoms with Gasteiger partial charge in [-0.05, 0) is 42.5 Å². The number of carbonyl (C=O) groups is 1. The molecular weight excluding hydrogens is 282 g/mol. The molecule has 0 saturated heterocycles. The summed E-state index contributed by atoms with van der Waals surface area (Å²) in [5.74, 6) is 0.513. The molecule has 1 aliphatic carbocycles. The zero-order valence-electron chi connectivity index (χ0n) is 12.5. The normalized spacial score (nSPS) is 16.9. The number of hydrogen-bond donors (Lipinski definition) is 1. The highest BCUT2D eigenvalue weighted by molar-refractivity contribution is 5.79. The van der Waals surface area contributed by atoms with E-state index < -0.39 is 0 Å². The average Bonchev–Trinajstić information content (AvgIpc) is 2.96. The molecule has 6 heteroatoms. The second-order valence-corrected chi connectivity index (χ2v) is 5.50. The van der Waals surface area contributed by atoms with Gasteiger partial charge in [0.05, 0.1) is 6.54 Å². The lowest BCUT2D eigenvalue weighted by atomic mass is 9.83. The van der Waals surface area contributed by atoms with Gasteiger partial charge in [-0.25, -0.2) is 4.63 Å². The molecular formula is C16H19N3O3. The van der Waals surface area contributed by atoms with Crippen molar-refractivity contribution in [1.82, 2.24) is 15.6 Å². The van der Waals surface area contributed by atoms with Gasteiger partial charge < -0.3 is 10.1 Å². The van der Waals surface area contributed by atoms with Crippen LogP contribution in [0.25, 0.3) is 0 Å². The third kappa shape index (κ3) is 3.27. The Morgan fingerprint density at radius 2 is 2.18 bits per heavy atom. The molecule has 22 heavy (non-hydrogen) atoms. The summed E-state index contributed by atoms with van der Waals surface area (Å²) in [5.41, 5.74) is 3.26. The Morgan fingerprint density at radius 1 is 1.36 bits per heavy atom. The van der Waals surface area contributed by atoms with Gasteiger partial charge in [-0.1, -0.05) is 29.4 Å². The van der Waals surface area contributed by atoms with Gasteiger partial charge >= 0.3 is 0 Å². The molecule has 6 nitrogen and oxygen atoms in total. The second kappa shape index (κ2) is 6.60. The number of aromatic nitrogens is 2. The molecule has 1 heterocycles.